The van der Waals surface area contributed by atoms with Crippen LogP contribution >= 0.6 is 0 Å². The van der Waals surface area contributed by atoms with Crippen LogP contribution in [0.3, 0.4) is 0 Å². The van der Waals surface area contributed by atoms with Crippen LogP contribution in [0.5, 0.6) is 0 Å². The van der Waals surface area contributed by atoms with E-state index in [2.05, 4.69) is 30.3 Å². The van der Waals surface area contributed by atoms with Gasteiger partial charge in [0.05, 0.1) is 18.4 Å². The Morgan fingerprint density at radius 1 is 1.34 bits per heavy atom. The first-order valence-corrected chi connectivity index (χ1v) is 9.23. The van der Waals surface area contributed by atoms with Crippen molar-refractivity contribution in [2.45, 2.75) is 37.4 Å². The van der Waals surface area contributed by atoms with Crippen LogP contribution in [0.4, 0.5) is 19.0 Å². The molecule has 3 aromatic rings. The summed E-state index contributed by atoms with van der Waals surface area (Å²) >= 11 is 0. The summed E-state index contributed by atoms with van der Waals surface area (Å²) in [5.41, 5.74) is 1.12. The number of hydrogen-bond acceptors (Lipinski definition) is 6. The van der Waals surface area contributed by atoms with Gasteiger partial charge in [-0.3, -0.25) is 4.79 Å². The van der Waals surface area contributed by atoms with Gasteiger partial charge in [-0.05, 0) is 18.9 Å². The normalized spacial score (nSPS) is 17.6. The molecule has 1 amide bonds. The molecule has 1 aliphatic heterocycles. The van der Waals surface area contributed by atoms with E-state index in [1.165, 1.54) is 6.33 Å². The summed E-state index contributed by atoms with van der Waals surface area (Å²) < 4.78 is 42.6. The predicted molar refractivity (Wildman–Crippen MR) is 95.4 cm³/mol. The summed E-state index contributed by atoms with van der Waals surface area (Å²) in [5.74, 6) is 0.735. The van der Waals surface area contributed by atoms with E-state index in [4.69, 9.17) is 4.52 Å². The molecule has 4 heterocycles. The lowest BCUT2D eigenvalue weighted by molar-refractivity contribution is -0.132. The van der Waals surface area contributed by atoms with Gasteiger partial charge in [-0.2, -0.15) is 13.2 Å². The molecular formula is C18H17F3N6O2. The maximum absolute atomic E-state index is 12.5. The number of amides is 1. The molecule has 1 spiro atoms. The molecule has 1 saturated carbocycles. The fourth-order valence-electron chi connectivity index (χ4n) is 3.93. The van der Waals surface area contributed by atoms with Gasteiger partial charge in [0.25, 0.3) is 5.91 Å². The molecule has 8 nitrogen and oxygen atoms in total. The molecule has 2 aliphatic rings. The van der Waals surface area contributed by atoms with E-state index in [1.807, 2.05) is 6.07 Å². The number of aromatic nitrogens is 4. The Morgan fingerprint density at radius 3 is 2.93 bits per heavy atom. The van der Waals surface area contributed by atoms with E-state index >= 15 is 0 Å². The number of nitrogens with zero attached hydrogens (tertiary/aromatic N) is 4. The molecule has 0 atom stereocenters. The number of hydrogen-bond donors (Lipinski definition) is 2. The summed E-state index contributed by atoms with van der Waals surface area (Å²) in [6, 6.07) is 1.89. The summed E-state index contributed by atoms with van der Waals surface area (Å²) in [6.07, 6.45) is -0.391. The van der Waals surface area contributed by atoms with Gasteiger partial charge in [0.2, 0.25) is 0 Å². The van der Waals surface area contributed by atoms with Crippen LogP contribution in [-0.4, -0.2) is 45.3 Å². The fraction of sp³-hybridized carbons (Fsp3) is 0.444. The van der Waals surface area contributed by atoms with Crippen LogP contribution in [-0.2, 0) is 12.0 Å². The van der Waals surface area contributed by atoms with E-state index in [-0.39, 0.29) is 11.1 Å². The minimum atomic E-state index is -4.33. The second-order valence-electron chi connectivity index (χ2n) is 7.53. The van der Waals surface area contributed by atoms with E-state index in [0.717, 1.165) is 24.0 Å². The van der Waals surface area contributed by atoms with Crippen LogP contribution in [0.25, 0.3) is 11.0 Å². The Labute approximate surface area is 162 Å². The Kier molecular flexibility index (Phi) is 3.83. The van der Waals surface area contributed by atoms with Crippen LogP contribution in [0.1, 0.15) is 41.1 Å². The Bertz CT molecular complexity index is 1080. The average molecular weight is 406 g/mol. The van der Waals surface area contributed by atoms with Crippen molar-refractivity contribution < 1.29 is 22.5 Å². The molecule has 0 radical (unpaired) electrons. The second-order valence-corrected chi connectivity index (χ2v) is 7.53. The number of aromatic amines is 1. The number of anilines is 1. The molecule has 2 N–H and O–H groups in total. The second kappa shape index (κ2) is 6.19. The topological polar surface area (TPSA) is 99.9 Å². The number of fused-ring (bicyclic) bond motifs is 3. The van der Waals surface area contributed by atoms with Crippen LogP contribution in [0.2, 0.25) is 0 Å². The van der Waals surface area contributed by atoms with E-state index < -0.39 is 25.0 Å². The molecule has 3 aromatic heterocycles. The number of rotatable bonds is 4. The molecule has 0 unspecified atom stereocenters. The van der Waals surface area contributed by atoms with Crippen LogP contribution in [0.15, 0.2) is 23.1 Å². The van der Waals surface area contributed by atoms with E-state index in [1.54, 1.807) is 6.20 Å². The third kappa shape index (κ3) is 3.10. The Balaban J connectivity index is 1.44. The van der Waals surface area contributed by atoms with Gasteiger partial charge in [0, 0.05) is 30.3 Å². The molecule has 29 heavy (non-hydrogen) atoms. The highest BCUT2D eigenvalue weighted by Gasteiger charge is 2.54. The third-order valence-electron chi connectivity index (χ3n) is 5.51. The number of carbonyl (C=O) groups is 1. The standard InChI is InChI=1S/C18H17F3N6O2/c19-18(20,21)4-6-23-16(28)12-11-7-27(8-17(2-3-17)13(11)29-26-12)15-10-1-5-22-14(10)24-9-25-15/h1,5,9H,2-4,6-8H2,(H,23,28)(H,22,24,25). The number of halogens is 3. The van der Waals surface area contributed by atoms with Crippen molar-refractivity contribution >= 4 is 22.8 Å². The first-order valence-electron chi connectivity index (χ1n) is 9.23. The first-order chi connectivity index (χ1) is 13.9. The molecule has 1 aliphatic carbocycles. The highest BCUT2D eigenvalue weighted by molar-refractivity contribution is 5.94. The highest BCUT2D eigenvalue weighted by atomic mass is 19.4. The molecule has 5 rings (SSSR count). The lowest BCUT2D eigenvalue weighted by Crippen LogP contribution is -2.39. The maximum atomic E-state index is 12.5. The van der Waals surface area contributed by atoms with Crippen molar-refractivity contribution in [1.82, 2.24) is 25.4 Å². The van der Waals surface area contributed by atoms with Crippen molar-refractivity contribution in [3.8, 4) is 0 Å². The smallest absolute Gasteiger partial charge is 0.360 e. The van der Waals surface area contributed by atoms with Crippen LogP contribution in [0, 0.1) is 0 Å². The molecule has 152 valence electrons. The SMILES string of the molecule is O=C(NCCC(F)(F)F)c1noc2c1CN(c1ncnc3[nH]ccc13)CC21CC1. The van der Waals surface area contributed by atoms with E-state index in [9.17, 15) is 18.0 Å². The van der Waals surface area contributed by atoms with Gasteiger partial charge < -0.3 is 19.7 Å². The molecule has 0 saturated heterocycles. The van der Waals surface area contributed by atoms with Gasteiger partial charge in [-0.1, -0.05) is 5.16 Å². The summed E-state index contributed by atoms with van der Waals surface area (Å²) in [6.45, 7) is 0.496. The maximum Gasteiger partial charge on any atom is 0.390 e. The lowest BCUT2D eigenvalue weighted by atomic mass is 9.92. The minimum absolute atomic E-state index is 0.0394. The largest absolute Gasteiger partial charge is 0.390 e. The first kappa shape index (κ1) is 18.0. The van der Waals surface area contributed by atoms with Crippen molar-refractivity contribution in [1.29, 1.82) is 0 Å². The van der Waals surface area contributed by atoms with Crippen molar-refractivity contribution in [3.05, 3.63) is 35.6 Å². The number of nitrogens with one attached hydrogen (secondary N) is 2. The zero-order chi connectivity index (χ0) is 20.2. The number of alkyl halides is 3. The van der Waals surface area contributed by atoms with Gasteiger partial charge >= 0.3 is 6.18 Å². The molecular weight excluding hydrogens is 389 g/mol. The number of carbonyl (C=O) groups excluding carboxylic acids is 1. The van der Waals surface area contributed by atoms with Crippen molar-refractivity contribution in [3.63, 3.8) is 0 Å². The summed E-state index contributed by atoms with van der Waals surface area (Å²) in [5, 5.41) is 7.04. The monoisotopic (exact) mass is 406 g/mol. The average Bonchev–Trinajstić information content (AvgIpc) is 3.08. The third-order valence-corrected chi connectivity index (χ3v) is 5.51. The number of H-pyrrole nitrogens is 1. The highest BCUT2D eigenvalue weighted by Crippen LogP contribution is 2.53. The fourth-order valence-corrected chi connectivity index (χ4v) is 3.93. The predicted octanol–water partition coefficient (Wildman–Crippen LogP) is 2.68. The summed E-state index contributed by atoms with van der Waals surface area (Å²) in [7, 11) is 0. The Hall–Kier alpha value is -3.11. The molecule has 1 fully saturated rings. The van der Waals surface area contributed by atoms with Gasteiger partial charge in [0.1, 0.15) is 23.6 Å². The molecule has 0 aromatic carbocycles. The van der Waals surface area contributed by atoms with Gasteiger partial charge in [-0.25, -0.2) is 9.97 Å². The minimum Gasteiger partial charge on any atom is -0.360 e. The lowest BCUT2D eigenvalue weighted by Gasteiger charge is -2.32. The zero-order valence-corrected chi connectivity index (χ0v) is 15.2. The Morgan fingerprint density at radius 2 is 2.17 bits per heavy atom. The van der Waals surface area contributed by atoms with E-state index in [0.29, 0.717) is 30.1 Å². The van der Waals surface area contributed by atoms with Crippen molar-refractivity contribution in [2.24, 2.45) is 0 Å². The van der Waals surface area contributed by atoms with Gasteiger partial charge in [0.15, 0.2) is 5.69 Å². The van der Waals surface area contributed by atoms with Gasteiger partial charge in [-0.15, -0.1) is 0 Å². The quantitative estimate of drug-likeness (QED) is 0.691. The summed E-state index contributed by atoms with van der Waals surface area (Å²) in [4.78, 5) is 26.2. The zero-order valence-electron chi connectivity index (χ0n) is 15.2. The van der Waals surface area contributed by atoms with Crippen molar-refractivity contribution in [2.75, 3.05) is 18.0 Å². The molecule has 11 heteroatoms. The molecule has 0 bridgehead atoms. The van der Waals surface area contributed by atoms with Crippen LogP contribution < -0.4 is 10.2 Å².